The van der Waals surface area contributed by atoms with Crippen LogP contribution in [0.3, 0.4) is 0 Å². The van der Waals surface area contributed by atoms with Crippen LogP contribution in [0.1, 0.15) is 24.2 Å². The summed E-state index contributed by atoms with van der Waals surface area (Å²) in [4.78, 5) is 14.3. The molecule has 0 aromatic heterocycles. The summed E-state index contributed by atoms with van der Waals surface area (Å²) in [5, 5.41) is 4.03. The molecule has 1 heterocycles. The Kier molecular flexibility index (Phi) is 4.18. The van der Waals surface area contributed by atoms with E-state index in [0.29, 0.717) is 10.6 Å². The van der Waals surface area contributed by atoms with Crippen molar-refractivity contribution >= 4 is 40.1 Å². The third-order valence-corrected chi connectivity index (χ3v) is 4.60. The van der Waals surface area contributed by atoms with Gasteiger partial charge in [0.05, 0.1) is 5.02 Å². The summed E-state index contributed by atoms with van der Waals surface area (Å²) in [6.07, 6.45) is 0. The summed E-state index contributed by atoms with van der Waals surface area (Å²) in [6.45, 7) is 6.50. The maximum atomic E-state index is 12.4. The van der Waals surface area contributed by atoms with Gasteiger partial charge in [0, 0.05) is 34.3 Å². The van der Waals surface area contributed by atoms with E-state index in [1.807, 2.05) is 17.0 Å². The standard InChI is InChI=1S/C13H16ClIN2O/c1-13(2)8-17(6-5-16-13)12(18)9-3-4-11(15)10(14)7-9/h3-4,7,16H,5-6,8H2,1-2H3. The average Bonchev–Trinajstić information content (AvgIpc) is 2.30. The molecule has 1 aliphatic heterocycles. The molecule has 2 rings (SSSR count). The number of carbonyl (C=O) groups is 1. The minimum atomic E-state index is -0.0269. The van der Waals surface area contributed by atoms with Crippen LogP contribution >= 0.6 is 34.2 Å². The fraction of sp³-hybridized carbons (Fsp3) is 0.462. The van der Waals surface area contributed by atoms with Crippen molar-refractivity contribution in [1.29, 1.82) is 0 Å². The van der Waals surface area contributed by atoms with Crippen LogP contribution in [0.15, 0.2) is 18.2 Å². The van der Waals surface area contributed by atoms with Gasteiger partial charge in [-0.3, -0.25) is 4.79 Å². The van der Waals surface area contributed by atoms with Crippen molar-refractivity contribution in [3.8, 4) is 0 Å². The first-order valence-corrected chi connectivity index (χ1v) is 7.34. The maximum absolute atomic E-state index is 12.4. The molecule has 5 heteroatoms. The van der Waals surface area contributed by atoms with Gasteiger partial charge in [-0.05, 0) is 54.6 Å². The Hall–Kier alpha value is -0.330. The lowest BCUT2D eigenvalue weighted by molar-refractivity contribution is 0.0652. The Bertz CT molecular complexity index is 476. The van der Waals surface area contributed by atoms with Crippen molar-refractivity contribution in [2.24, 2.45) is 0 Å². The molecule has 0 unspecified atom stereocenters. The molecule has 1 fully saturated rings. The van der Waals surface area contributed by atoms with Gasteiger partial charge in [0.25, 0.3) is 5.91 Å². The molecule has 1 aromatic rings. The van der Waals surface area contributed by atoms with Crippen LogP contribution in [0.4, 0.5) is 0 Å². The van der Waals surface area contributed by atoms with Gasteiger partial charge in [-0.2, -0.15) is 0 Å². The van der Waals surface area contributed by atoms with Crippen LogP contribution in [-0.2, 0) is 0 Å². The molecule has 0 atom stereocenters. The number of hydrogen-bond acceptors (Lipinski definition) is 2. The number of piperazine rings is 1. The number of halogens is 2. The largest absolute Gasteiger partial charge is 0.336 e. The van der Waals surface area contributed by atoms with E-state index in [1.54, 1.807) is 6.07 Å². The lowest BCUT2D eigenvalue weighted by Gasteiger charge is -2.39. The Morgan fingerprint density at radius 1 is 1.50 bits per heavy atom. The van der Waals surface area contributed by atoms with Crippen molar-refractivity contribution in [3.63, 3.8) is 0 Å². The Balaban J connectivity index is 2.18. The summed E-state index contributed by atoms with van der Waals surface area (Å²) >= 11 is 8.22. The molecule has 1 N–H and O–H groups in total. The molecule has 0 spiro atoms. The van der Waals surface area contributed by atoms with E-state index in [-0.39, 0.29) is 11.4 Å². The van der Waals surface area contributed by atoms with Gasteiger partial charge in [0.2, 0.25) is 0 Å². The van der Waals surface area contributed by atoms with E-state index in [2.05, 4.69) is 41.8 Å². The van der Waals surface area contributed by atoms with E-state index in [4.69, 9.17) is 11.6 Å². The number of amides is 1. The number of rotatable bonds is 1. The number of benzene rings is 1. The van der Waals surface area contributed by atoms with Crippen molar-refractivity contribution in [2.45, 2.75) is 19.4 Å². The molecule has 1 amide bonds. The summed E-state index contributed by atoms with van der Waals surface area (Å²) in [5.41, 5.74) is 0.638. The summed E-state index contributed by atoms with van der Waals surface area (Å²) in [7, 11) is 0. The van der Waals surface area contributed by atoms with Gasteiger partial charge in [-0.1, -0.05) is 11.6 Å². The van der Waals surface area contributed by atoms with Crippen molar-refractivity contribution in [2.75, 3.05) is 19.6 Å². The highest BCUT2D eigenvalue weighted by atomic mass is 127. The van der Waals surface area contributed by atoms with Gasteiger partial charge in [-0.25, -0.2) is 0 Å². The van der Waals surface area contributed by atoms with Gasteiger partial charge >= 0.3 is 0 Å². The van der Waals surface area contributed by atoms with Gasteiger partial charge < -0.3 is 10.2 Å². The normalized spacial score (nSPS) is 18.8. The first-order valence-electron chi connectivity index (χ1n) is 5.88. The number of carbonyl (C=O) groups excluding carboxylic acids is 1. The third-order valence-electron chi connectivity index (χ3n) is 3.03. The van der Waals surface area contributed by atoms with Crippen LogP contribution in [0.25, 0.3) is 0 Å². The summed E-state index contributed by atoms with van der Waals surface area (Å²) in [6, 6.07) is 5.47. The Morgan fingerprint density at radius 3 is 2.83 bits per heavy atom. The monoisotopic (exact) mass is 378 g/mol. The second-order valence-corrected chi connectivity index (χ2v) is 6.74. The maximum Gasteiger partial charge on any atom is 0.254 e. The zero-order valence-electron chi connectivity index (χ0n) is 10.5. The fourth-order valence-electron chi connectivity index (χ4n) is 2.13. The lowest BCUT2D eigenvalue weighted by atomic mass is 10.0. The molecule has 0 bridgehead atoms. The zero-order chi connectivity index (χ0) is 13.3. The van der Waals surface area contributed by atoms with Gasteiger partial charge in [0.1, 0.15) is 0 Å². The van der Waals surface area contributed by atoms with Crippen molar-refractivity contribution in [3.05, 3.63) is 32.4 Å². The molecule has 0 saturated carbocycles. The van der Waals surface area contributed by atoms with Crippen molar-refractivity contribution < 1.29 is 4.79 Å². The lowest BCUT2D eigenvalue weighted by Crippen LogP contribution is -2.58. The molecule has 1 aromatic carbocycles. The SMILES string of the molecule is CC1(C)CN(C(=O)c2ccc(I)c(Cl)c2)CCN1. The molecule has 98 valence electrons. The molecule has 1 aliphatic rings. The average molecular weight is 379 g/mol. The first kappa shape index (κ1) is 14.1. The van der Waals surface area contributed by atoms with Crippen LogP contribution in [0, 0.1) is 3.57 Å². The summed E-state index contributed by atoms with van der Waals surface area (Å²) in [5.74, 6) is 0.0582. The Morgan fingerprint density at radius 2 is 2.22 bits per heavy atom. The highest BCUT2D eigenvalue weighted by Crippen LogP contribution is 2.21. The highest BCUT2D eigenvalue weighted by Gasteiger charge is 2.29. The van der Waals surface area contributed by atoms with Crippen LogP contribution in [0.2, 0.25) is 5.02 Å². The molecule has 0 radical (unpaired) electrons. The predicted octanol–water partition coefficient (Wildman–Crippen LogP) is 2.77. The second-order valence-electron chi connectivity index (χ2n) is 5.17. The van der Waals surface area contributed by atoms with Crippen LogP contribution < -0.4 is 5.32 Å². The highest BCUT2D eigenvalue weighted by molar-refractivity contribution is 14.1. The van der Waals surface area contributed by atoms with Crippen LogP contribution in [0.5, 0.6) is 0 Å². The van der Waals surface area contributed by atoms with Gasteiger partial charge in [-0.15, -0.1) is 0 Å². The molecular weight excluding hydrogens is 363 g/mol. The van der Waals surface area contributed by atoms with E-state index in [0.717, 1.165) is 23.2 Å². The molecule has 1 saturated heterocycles. The van der Waals surface area contributed by atoms with Crippen molar-refractivity contribution in [1.82, 2.24) is 10.2 Å². The van der Waals surface area contributed by atoms with E-state index >= 15 is 0 Å². The van der Waals surface area contributed by atoms with Gasteiger partial charge in [0.15, 0.2) is 0 Å². The van der Waals surface area contributed by atoms with E-state index in [9.17, 15) is 4.79 Å². The number of nitrogens with zero attached hydrogens (tertiary/aromatic N) is 1. The molecule has 0 aliphatic carbocycles. The Labute approximate surface area is 126 Å². The minimum absolute atomic E-state index is 0.0269. The van der Waals surface area contributed by atoms with E-state index < -0.39 is 0 Å². The summed E-state index contributed by atoms with van der Waals surface area (Å²) < 4.78 is 0.964. The zero-order valence-corrected chi connectivity index (χ0v) is 13.4. The minimum Gasteiger partial charge on any atom is -0.336 e. The predicted molar refractivity (Wildman–Crippen MR) is 82.2 cm³/mol. The van der Waals surface area contributed by atoms with E-state index in [1.165, 1.54) is 0 Å². The number of nitrogens with one attached hydrogen (secondary N) is 1. The second kappa shape index (κ2) is 5.35. The molecule has 18 heavy (non-hydrogen) atoms. The topological polar surface area (TPSA) is 32.3 Å². The smallest absolute Gasteiger partial charge is 0.254 e. The number of hydrogen-bond donors (Lipinski definition) is 1. The third kappa shape index (κ3) is 3.16. The molecule has 3 nitrogen and oxygen atoms in total. The fourth-order valence-corrected chi connectivity index (χ4v) is 2.64. The first-order chi connectivity index (χ1) is 8.39. The van der Waals surface area contributed by atoms with Crippen LogP contribution in [-0.4, -0.2) is 36.0 Å². The molecular formula is C13H16ClIN2O. The quantitative estimate of drug-likeness (QED) is 0.762.